The number of hydrogen-bond acceptors (Lipinski definition) is 7. The van der Waals surface area contributed by atoms with E-state index in [1.54, 1.807) is 34.1 Å². The first-order chi connectivity index (χ1) is 19.1. The quantitative estimate of drug-likeness (QED) is 0.280. The molecule has 11 nitrogen and oxygen atoms in total. The molecule has 230 valence electrons. The van der Waals surface area contributed by atoms with Crippen LogP contribution in [0.3, 0.4) is 0 Å². The van der Waals surface area contributed by atoms with Crippen LogP contribution in [0.15, 0.2) is 28.7 Å². The van der Waals surface area contributed by atoms with Crippen LogP contribution in [0.1, 0.15) is 64.7 Å². The van der Waals surface area contributed by atoms with Crippen LogP contribution in [-0.4, -0.2) is 83.5 Å². The Labute approximate surface area is 257 Å². The number of amides is 3. The second-order valence-electron chi connectivity index (χ2n) is 12.2. The molecule has 0 aromatic heterocycles. The van der Waals surface area contributed by atoms with Gasteiger partial charge in [0.15, 0.2) is 5.11 Å². The van der Waals surface area contributed by atoms with Crippen molar-refractivity contribution >= 4 is 51.4 Å². The van der Waals surface area contributed by atoms with Crippen molar-refractivity contribution in [3.8, 4) is 0 Å². The first-order valence-electron chi connectivity index (χ1n) is 13.8. The number of nitrogens with two attached hydrogens (primary N) is 1. The lowest BCUT2D eigenvalue weighted by molar-refractivity contribution is 0.0278. The lowest BCUT2D eigenvalue weighted by Gasteiger charge is -2.24. The van der Waals surface area contributed by atoms with Gasteiger partial charge < -0.3 is 30.3 Å². The Bertz CT molecular complexity index is 1040. The molecule has 41 heavy (non-hydrogen) atoms. The fourth-order valence-electron chi connectivity index (χ4n) is 4.08. The highest BCUT2D eigenvalue weighted by Crippen LogP contribution is 2.20. The number of thiocarbonyl (C=S) groups is 1. The van der Waals surface area contributed by atoms with Gasteiger partial charge in [-0.15, -0.1) is 0 Å². The summed E-state index contributed by atoms with van der Waals surface area (Å²) in [4.78, 5) is 39.1. The summed E-state index contributed by atoms with van der Waals surface area (Å²) in [5.41, 5.74) is 10.4. The van der Waals surface area contributed by atoms with Gasteiger partial charge >= 0.3 is 12.2 Å². The van der Waals surface area contributed by atoms with Gasteiger partial charge in [0.05, 0.1) is 0 Å². The number of hydrazine groups is 1. The van der Waals surface area contributed by atoms with Crippen LogP contribution in [-0.2, 0) is 9.47 Å². The second-order valence-corrected chi connectivity index (χ2v) is 13.5. The average molecular weight is 658 g/mol. The minimum atomic E-state index is -0.494. The highest BCUT2D eigenvalue weighted by molar-refractivity contribution is 9.10. The van der Waals surface area contributed by atoms with Crippen molar-refractivity contribution in [2.45, 2.75) is 65.6 Å². The molecule has 3 amide bonds. The standard InChI is InChI=1S/C18H25BrN4O3S.C10H20N2O2/c1-18(2,3)26-17(25)23-9-8-12(11-23)10-20-16(27)22-21-15(24)13-4-6-14(19)7-5-13;1-10(2,3)14-9(13)12-5-4-8(6-11)7-12/h4-7,12H,8-11H2,1-3H3,(H,21,24)(H2,20,22,27);8H,4-7,11H2,1-3H3/t12-;8-/m00/s1. The normalized spacial score (nSPS) is 18.6. The topological polar surface area (TPSA) is 138 Å². The minimum Gasteiger partial charge on any atom is -0.444 e. The largest absolute Gasteiger partial charge is 0.444 e. The van der Waals surface area contributed by atoms with Gasteiger partial charge in [-0.25, -0.2) is 9.59 Å². The SMILES string of the molecule is CC(C)(C)OC(=O)N1CC[C@@H](CN)C1.CC(C)(C)OC(=O)N1CC[C@@H](CNC(=S)NNC(=O)c2ccc(Br)cc2)C1. The maximum atomic E-state index is 12.1. The van der Waals surface area contributed by atoms with E-state index in [0.717, 1.165) is 30.4 Å². The number of rotatable bonds is 4. The van der Waals surface area contributed by atoms with E-state index in [4.69, 9.17) is 27.4 Å². The maximum Gasteiger partial charge on any atom is 0.410 e. The molecule has 1 aromatic carbocycles. The Morgan fingerprint density at radius 2 is 1.39 bits per heavy atom. The van der Waals surface area contributed by atoms with E-state index in [2.05, 4.69) is 32.1 Å². The molecule has 0 bridgehead atoms. The van der Waals surface area contributed by atoms with E-state index < -0.39 is 11.2 Å². The van der Waals surface area contributed by atoms with E-state index in [9.17, 15) is 14.4 Å². The summed E-state index contributed by atoms with van der Waals surface area (Å²) in [6.45, 7) is 15.3. The van der Waals surface area contributed by atoms with Crippen molar-refractivity contribution in [2.75, 3.05) is 39.3 Å². The molecule has 13 heteroatoms. The predicted octanol–water partition coefficient (Wildman–Crippen LogP) is 4.02. The summed E-state index contributed by atoms with van der Waals surface area (Å²) in [6, 6.07) is 7.01. The van der Waals surface area contributed by atoms with E-state index in [0.29, 0.717) is 42.8 Å². The number of halogens is 1. The molecule has 2 fully saturated rings. The molecule has 0 unspecified atom stereocenters. The van der Waals surface area contributed by atoms with Crippen molar-refractivity contribution in [1.82, 2.24) is 26.0 Å². The van der Waals surface area contributed by atoms with Crippen LogP contribution in [0.5, 0.6) is 0 Å². The number of benzene rings is 1. The fourth-order valence-corrected chi connectivity index (χ4v) is 4.48. The van der Waals surface area contributed by atoms with E-state index in [1.807, 2.05) is 41.5 Å². The third-order valence-electron chi connectivity index (χ3n) is 6.16. The first-order valence-corrected chi connectivity index (χ1v) is 15.0. The lowest BCUT2D eigenvalue weighted by atomic mass is 10.1. The Balaban J connectivity index is 0.000000353. The number of ether oxygens (including phenoxy) is 2. The molecule has 2 heterocycles. The van der Waals surface area contributed by atoms with E-state index >= 15 is 0 Å². The molecular weight excluding hydrogens is 612 g/mol. The summed E-state index contributed by atoms with van der Waals surface area (Å²) in [7, 11) is 0. The molecule has 2 atom stereocenters. The van der Waals surface area contributed by atoms with Gasteiger partial charge in [0, 0.05) is 42.8 Å². The average Bonchev–Trinajstić information content (AvgIpc) is 3.55. The third-order valence-corrected chi connectivity index (χ3v) is 6.93. The first kappa shape index (κ1) is 34.6. The number of nitrogens with one attached hydrogen (secondary N) is 3. The summed E-state index contributed by atoms with van der Waals surface area (Å²) in [5, 5.41) is 3.40. The zero-order chi connectivity index (χ0) is 30.8. The lowest BCUT2D eigenvalue weighted by Crippen LogP contribution is -2.48. The van der Waals surface area contributed by atoms with Crippen molar-refractivity contribution in [3.63, 3.8) is 0 Å². The molecule has 1 aromatic rings. The highest BCUT2D eigenvalue weighted by Gasteiger charge is 2.30. The van der Waals surface area contributed by atoms with Gasteiger partial charge in [-0.3, -0.25) is 15.6 Å². The Hall–Kier alpha value is -2.64. The summed E-state index contributed by atoms with van der Waals surface area (Å²) < 4.78 is 11.6. The van der Waals surface area contributed by atoms with Gasteiger partial charge in [0.1, 0.15) is 11.2 Å². The molecule has 5 N–H and O–H groups in total. The molecule has 3 rings (SSSR count). The molecule has 2 saturated heterocycles. The van der Waals surface area contributed by atoms with Gasteiger partial charge in [-0.05, 0) is 109 Å². The molecule has 2 aliphatic heterocycles. The number of hydrogen-bond donors (Lipinski definition) is 4. The maximum absolute atomic E-state index is 12.1. The monoisotopic (exact) mass is 656 g/mol. The van der Waals surface area contributed by atoms with Crippen molar-refractivity contribution in [2.24, 2.45) is 17.6 Å². The van der Waals surface area contributed by atoms with Gasteiger partial charge in [0.2, 0.25) is 0 Å². The van der Waals surface area contributed by atoms with Crippen LogP contribution in [0, 0.1) is 11.8 Å². The van der Waals surface area contributed by atoms with Crippen LogP contribution in [0.4, 0.5) is 9.59 Å². The van der Waals surface area contributed by atoms with Gasteiger partial charge in [0.25, 0.3) is 5.91 Å². The highest BCUT2D eigenvalue weighted by atomic mass is 79.9. The minimum absolute atomic E-state index is 0.214. The van der Waals surface area contributed by atoms with Crippen LogP contribution >= 0.6 is 28.1 Å². The zero-order valence-electron chi connectivity index (χ0n) is 24.9. The number of carbonyl (C=O) groups excluding carboxylic acids is 3. The zero-order valence-corrected chi connectivity index (χ0v) is 27.3. The van der Waals surface area contributed by atoms with Crippen molar-refractivity contribution in [3.05, 3.63) is 34.3 Å². The number of likely N-dealkylation sites (tertiary alicyclic amines) is 2. The molecule has 0 radical (unpaired) electrons. The van der Waals surface area contributed by atoms with Gasteiger partial charge in [-0.2, -0.15) is 0 Å². The summed E-state index contributed by atoms with van der Waals surface area (Å²) >= 11 is 8.51. The molecular formula is C28H45BrN6O5S. The van der Waals surface area contributed by atoms with Gasteiger partial charge in [-0.1, -0.05) is 15.9 Å². The van der Waals surface area contributed by atoms with E-state index in [-0.39, 0.29) is 24.0 Å². The van der Waals surface area contributed by atoms with Crippen LogP contribution in [0.25, 0.3) is 0 Å². The fraction of sp³-hybridized carbons (Fsp3) is 0.643. The Morgan fingerprint density at radius 1 is 0.902 bits per heavy atom. The molecule has 2 aliphatic rings. The molecule has 0 saturated carbocycles. The van der Waals surface area contributed by atoms with E-state index in [1.165, 1.54) is 0 Å². The second kappa shape index (κ2) is 15.5. The number of carbonyl (C=O) groups is 3. The predicted molar refractivity (Wildman–Crippen MR) is 166 cm³/mol. The molecule has 0 aliphatic carbocycles. The van der Waals surface area contributed by atoms with Crippen LogP contribution in [0.2, 0.25) is 0 Å². The summed E-state index contributed by atoms with van der Waals surface area (Å²) in [6.07, 6.45) is 1.37. The third kappa shape index (κ3) is 13.3. The smallest absolute Gasteiger partial charge is 0.410 e. The number of nitrogens with zero attached hydrogens (tertiary/aromatic N) is 2. The van der Waals surface area contributed by atoms with Crippen molar-refractivity contribution in [1.29, 1.82) is 0 Å². The Morgan fingerprint density at radius 3 is 1.85 bits per heavy atom. The van der Waals surface area contributed by atoms with Crippen molar-refractivity contribution < 1.29 is 23.9 Å². The molecule has 0 spiro atoms. The van der Waals surface area contributed by atoms with Crippen LogP contribution < -0.4 is 21.9 Å². The Kier molecular flexibility index (Phi) is 13.1. The summed E-state index contributed by atoms with van der Waals surface area (Å²) in [5.74, 6) is 0.450.